The SMILES string of the molecule is CC1CSC(C)(CSCC2CO2)CS1. The third-order valence-electron chi connectivity index (χ3n) is 2.45. The number of ether oxygens (including phenoxy) is 1. The van der Waals surface area contributed by atoms with Crippen molar-refractivity contribution < 1.29 is 4.74 Å². The molecule has 0 N–H and O–H groups in total. The monoisotopic (exact) mass is 250 g/mol. The summed E-state index contributed by atoms with van der Waals surface area (Å²) in [5.74, 6) is 5.13. The molecule has 0 aromatic carbocycles. The van der Waals surface area contributed by atoms with Crippen molar-refractivity contribution in [2.45, 2.75) is 29.9 Å². The van der Waals surface area contributed by atoms with Gasteiger partial charge < -0.3 is 4.74 Å². The average Bonchev–Trinajstić information content (AvgIpc) is 2.95. The van der Waals surface area contributed by atoms with Gasteiger partial charge in [-0.05, 0) is 6.92 Å². The molecular formula is C10H18OS3. The zero-order chi connectivity index (χ0) is 10.0. The molecule has 0 aromatic heterocycles. The zero-order valence-electron chi connectivity index (χ0n) is 8.82. The van der Waals surface area contributed by atoms with Gasteiger partial charge in [0.1, 0.15) is 0 Å². The molecule has 2 saturated heterocycles. The minimum atomic E-state index is 0.511. The summed E-state index contributed by atoms with van der Waals surface area (Å²) in [6.07, 6.45) is 0.587. The minimum Gasteiger partial charge on any atom is -0.372 e. The smallest absolute Gasteiger partial charge is 0.0900 e. The standard InChI is InChI=1S/C10H18OS3/c1-8-4-14-10(2,7-13-8)6-12-5-9-3-11-9/h8-9H,3-7H2,1-2H3. The van der Waals surface area contributed by atoms with Crippen molar-refractivity contribution >= 4 is 35.3 Å². The molecule has 3 unspecified atom stereocenters. The Labute approximate surface area is 99.5 Å². The second kappa shape index (κ2) is 4.89. The van der Waals surface area contributed by atoms with Crippen LogP contribution in [0.4, 0.5) is 0 Å². The quantitative estimate of drug-likeness (QED) is 0.711. The topological polar surface area (TPSA) is 12.5 Å². The Morgan fingerprint density at radius 2 is 2.36 bits per heavy atom. The van der Waals surface area contributed by atoms with Gasteiger partial charge in [0.25, 0.3) is 0 Å². The lowest BCUT2D eigenvalue weighted by atomic mass is 10.2. The second-order valence-electron chi connectivity index (χ2n) is 4.35. The molecule has 0 saturated carbocycles. The lowest BCUT2D eigenvalue weighted by molar-refractivity contribution is 0.426. The van der Waals surface area contributed by atoms with Crippen LogP contribution in [0.25, 0.3) is 0 Å². The molecule has 82 valence electrons. The lowest BCUT2D eigenvalue weighted by Crippen LogP contribution is -2.33. The van der Waals surface area contributed by atoms with Crippen molar-refractivity contribution in [2.24, 2.45) is 0 Å². The molecule has 2 aliphatic heterocycles. The van der Waals surface area contributed by atoms with Gasteiger partial charge in [0.15, 0.2) is 0 Å². The van der Waals surface area contributed by atoms with Crippen LogP contribution in [0.3, 0.4) is 0 Å². The van der Waals surface area contributed by atoms with Gasteiger partial charge in [-0.1, -0.05) is 6.92 Å². The van der Waals surface area contributed by atoms with E-state index >= 15 is 0 Å². The van der Waals surface area contributed by atoms with E-state index in [1.807, 2.05) is 0 Å². The minimum absolute atomic E-state index is 0.511. The van der Waals surface area contributed by atoms with Gasteiger partial charge >= 0.3 is 0 Å². The highest BCUT2D eigenvalue weighted by atomic mass is 32.2. The predicted molar refractivity (Wildman–Crippen MR) is 69.8 cm³/mol. The van der Waals surface area contributed by atoms with Crippen LogP contribution >= 0.6 is 35.3 Å². The molecule has 3 atom stereocenters. The number of rotatable bonds is 4. The van der Waals surface area contributed by atoms with Crippen LogP contribution in [-0.4, -0.2) is 45.7 Å². The largest absolute Gasteiger partial charge is 0.372 e. The molecule has 14 heavy (non-hydrogen) atoms. The summed E-state index contributed by atoms with van der Waals surface area (Å²) in [5, 5.41) is 0.852. The predicted octanol–water partition coefficient (Wildman–Crippen LogP) is 2.75. The fourth-order valence-corrected chi connectivity index (χ4v) is 5.70. The maximum Gasteiger partial charge on any atom is 0.0900 e. The van der Waals surface area contributed by atoms with E-state index in [4.69, 9.17) is 4.74 Å². The van der Waals surface area contributed by atoms with Gasteiger partial charge in [-0.3, -0.25) is 0 Å². The van der Waals surface area contributed by atoms with Crippen molar-refractivity contribution in [3.8, 4) is 0 Å². The van der Waals surface area contributed by atoms with E-state index in [9.17, 15) is 0 Å². The Kier molecular flexibility index (Phi) is 4.02. The average molecular weight is 250 g/mol. The third-order valence-corrected chi connectivity index (χ3v) is 7.67. The normalized spacial score (nSPS) is 42.4. The van der Waals surface area contributed by atoms with Gasteiger partial charge in [-0.25, -0.2) is 0 Å². The van der Waals surface area contributed by atoms with Crippen LogP contribution in [0.15, 0.2) is 0 Å². The van der Waals surface area contributed by atoms with E-state index in [0.29, 0.717) is 10.9 Å². The molecule has 4 heteroatoms. The highest BCUT2D eigenvalue weighted by Crippen LogP contribution is 2.40. The van der Waals surface area contributed by atoms with Gasteiger partial charge in [0.05, 0.1) is 12.7 Å². The molecule has 0 aromatic rings. The van der Waals surface area contributed by atoms with E-state index in [1.54, 1.807) is 0 Å². The van der Waals surface area contributed by atoms with Crippen molar-refractivity contribution in [3.63, 3.8) is 0 Å². The van der Waals surface area contributed by atoms with E-state index < -0.39 is 0 Å². The van der Waals surface area contributed by atoms with Crippen molar-refractivity contribution in [1.82, 2.24) is 0 Å². The second-order valence-corrected chi connectivity index (χ2v) is 8.42. The lowest BCUT2D eigenvalue weighted by Gasteiger charge is -2.35. The molecule has 1 nitrogen and oxygen atoms in total. The van der Waals surface area contributed by atoms with E-state index in [-0.39, 0.29) is 0 Å². The zero-order valence-corrected chi connectivity index (χ0v) is 11.3. The Balaban J connectivity index is 1.66. The summed E-state index contributed by atoms with van der Waals surface area (Å²) in [6.45, 7) is 5.75. The number of hydrogen-bond acceptors (Lipinski definition) is 4. The molecule has 0 aliphatic carbocycles. The summed E-state index contributed by atoms with van der Waals surface area (Å²) < 4.78 is 5.73. The summed E-state index contributed by atoms with van der Waals surface area (Å²) in [6, 6.07) is 0. The highest BCUT2D eigenvalue weighted by Gasteiger charge is 2.31. The number of epoxide rings is 1. The van der Waals surface area contributed by atoms with Crippen LogP contribution in [0.5, 0.6) is 0 Å². The molecule has 0 amide bonds. The molecule has 2 aliphatic rings. The van der Waals surface area contributed by atoms with E-state index in [0.717, 1.165) is 11.9 Å². The first kappa shape index (κ1) is 11.5. The Hall–Kier alpha value is 1.01. The Bertz CT molecular complexity index is 186. The van der Waals surface area contributed by atoms with Crippen LogP contribution in [0, 0.1) is 0 Å². The van der Waals surface area contributed by atoms with Crippen molar-refractivity contribution in [1.29, 1.82) is 0 Å². The maximum absolute atomic E-state index is 5.22. The van der Waals surface area contributed by atoms with Crippen LogP contribution < -0.4 is 0 Å². The van der Waals surface area contributed by atoms with Crippen LogP contribution in [-0.2, 0) is 4.74 Å². The first-order valence-corrected chi connectivity index (χ1v) is 8.32. The molecule has 2 rings (SSSR count). The van der Waals surface area contributed by atoms with Gasteiger partial charge in [-0.15, -0.1) is 0 Å². The summed E-state index contributed by atoms with van der Waals surface area (Å²) in [5.41, 5.74) is 0. The van der Waals surface area contributed by atoms with Crippen molar-refractivity contribution in [3.05, 3.63) is 0 Å². The fourth-order valence-electron chi connectivity index (χ4n) is 1.38. The molecule has 2 heterocycles. The summed E-state index contributed by atoms with van der Waals surface area (Å²) in [7, 11) is 0. The first-order valence-electron chi connectivity index (χ1n) is 5.13. The van der Waals surface area contributed by atoms with E-state index in [2.05, 4.69) is 49.1 Å². The Morgan fingerprint density at radius 3 is 2.93 bits per heavy atom. The van der Waals surface area contributed by atoms with Crippen LogP contribution in [0.1, 0.15) is 13.8 Å². The number of thioether (sulfide) groups is 3. The summed E-state index contributed by atoms with van der Waals surface area (Å²) in [4.78, 5) is 0. The molecule has 0 radical (unpaired) electrons. The van der Waals surface area contributed by atoms with Crippen molar-refractivity contribution in [2.75, 3.05) is 29.6 Å². The molecule has 0 bridgehead atoms. The molecule has 2 fully saturated rings. The fraction of sp³-hybridized carbons (Fsp3) is 1.00. The van der Waals surface area contributed by atoms with Gasteiger partial charge in [0.2, 0.25) is 0 Å². The Morgan fingerprint density at radius 1 is 1.57 bits per heavy atom. The van der Waals surface area contributed by atoms with Crippen LogP contribution in [0.2, 0.25) is 0 Å². The van der Waals surface area contributed by atoms with Gasteiger partial charge in [0, 0.05) is 33.0 Å². The highest BCUT2D eigenvalue weighted by molar-refractivity contribution is 8.08. The first-order chi connectivity index (χ1) is 6.68. The summed E-state index contributed by atoms with van der Waals surface area (Å²) >= 11 is 6.37. The van der Waals surface area contributed by atoms with E-state index in [1.165, 1.54) is 23.0 Å². The molecule has 0 spiro atoms. The third kappa shape index (κ3) is 3.54. The maximum atomic E-state index is 5.22. The van der Waals surface area contributed by atoms with Gasteiger partial charge in [-0.2, -0.15) is 35.3 Å². The molecular weight excluding hydrogens is 232 g/mol. The number of hydrogen-bond donors (Lipinski definition) is 0.